The van der Waals surface area contributed by atoms with E-state index in [-0.39, 0.29) is 49.6 Å². The number of ether oxygens (including phenoxy) is 2. The van der Waals surface area contributed by atoms with E-state index in [1.165, 1.54) is 11.0 Å². The van der Waals surface area contributed by atoms with Crippen LogP contribution in [0.15, 0.2) is 49.6 Å². The molecule has 1 spiro atoms. The topological polar surface area (TPSA) is 127 Å². The van der Waals surface area contributed by atoms with E-state index >= 15 is 0 Å². The zero-order valence-corrected chi connectivity index (χ0v) is 23.1. The minimum atomic E-state index is -1.20. The number of alkyl halides is 1. The van der Waals surface area contributed by atoms with Crippen LogP contribution in [0, 0.1) is 11.8 Å². The van der Waals surface area contributed by atoms with Crippen LogP contribution in [0.25, 0.3) is 11.0 Å². The third kappa shape index (κ3) is 4.57. The average molecular weight is 602 g/mol. The molecule has 3 aliphatic heterocycles. The molecule has 3 fully saturated rings. The fraction of sp³-hybridized carbons (Fsp3) is 0.519. The Kier molecular flexibility index (Phi) is 7.88. The lowest BCUT2D eigenvalue weighted by atomic mass is 9.70. The van der Waals surface area contributed by atoms with Gasteiger partial charge in [-0.05, 0) is 31.4 Å². The number of fused-ring (bicyclic) bond motifs is 2. The number of para-hydroxylation sites is 1. The Bertz CT molecular complexity index is 1280. The highest BCUT2D eigenvalue weighted by molar-refractivity contribution is 9.09. The van der Waals surface area contributed by atoms with E-state index in [1.54, 1.807) is 15.7 Å². The van der Waals surface area contributed by atoms with Gasteiger partial charge in [-0.3, -0.25) is 14.4 Å². The molecule has 1 aromatic heterocycles. The number of halogens is 1. The Morgan fingerprint density at radius 2 is 2.08 bits per heavy atom. The second kappa shape index (κ2) is 11.2. The lowest BCUT2D eigenvalue weighted by Crippen LogP contribution is -2.57. The Morgan fingerprint density at radius 1 is 1.28 bits per heavy atom. The summed E-state index contributed by atoms with van der Waals surface area (Å²) in [6, 6.07) is 6.48. The van der Waals surface area contributed by atoms with Crippen LogP contribution in [-0.2, 0) is 30.5 Å². The number of carbonyl (C=O) groups excluding carboxylic acids is 3. The summed E-state index contributed by atoms with van der Waals surface area (Å²) in [6.45, 7) is 7.95. The maximum atomic E-state index is 14.4. The molecule has 0 aliphatic carbocycles. The molecule has 39 heavy (non-hydrogen) atoms. The maximum Gasteiger partial charge on any atom is 0.312 e. The number of aliphatic hydroxyl groups is 1. The van der Waals surface area contributed by atoms with E-state index in [0.717, 1.165) is 5.52 Å². The first-order valence-corrected chi connectivity index (χ1v) is 14.0. The standard InChI is InChI=1S/C27H32BrN5O6/c1-3-11-31(16-33-19-10-6-5-9-18(19)29-30-33)25(36)23-27-15-17(28)22(39-27)20(26(37)38-14-4-2)21(27)24(35)32(23)12-7-8-13-34/h3-6,9-10,17,20-23,34H,1-2,7-8,11-16H2/t17?,20-,21-,22-,23?,27?/m0/s1. The van der Waals surface area contributed by atoms with Gasteiger partial charge in [-0.1, -0.05) is 52.0 Å². The Balaban J connectivity index is 1.51. The number of aliphatic hydroxyl groups excluding tert-OH is 1. The number of carbonyl (C=O) groups is 3. The second-order valence-corrected chi connectivity index (χ2v) is 11.3. The fourth-order valence-corrected chi connectivity index (χ4v) is 7.22. The maximum absolute atomic E-state index is 14.4. The van der Waals surface area contributed by atoms with Crippen LogP contribution in [0.3, 0.4) is 0 Å². The number of likely N-dealkylation sites (tertiary alicyclic amines) is 1. The van der Waals surface area contributed by atoms with Crippen LogP contribution in [-0.4, -0.2) is 96.6 Å². The molecule has 3 saturated heterocycles. The van der Waals surface area contributed by atoms with Gasteiger partial charge in [-0.15, -0.1) is 11.7 Å². The third-order valence-electron chi connectivity index (χ3n) is 7.83. The molecule has 1 aromatic carbocycles. The smallest absolute Gasteiger partial charge is 0.312 e. The zero-order chi connectivity index (χ0) is 27.7. The fourth-order valence-electron chi connectivity index (χ4n) is 6.28. The van der Waals surface area contributed by atoms with E-state index in [4.69, 9.17) is 9.47 Å². The first-order chi connectivity index (χ1) is 18.9. The number of benzene rings is 1. The van der Waals surface area contributed by atoms with Gasteiger partial charge in [-0.25, -0.2) is 4.68 Å². The van der Waals surface area contributed by atoms with Gasteiger partial charge >= 0.3 is 5.97 Å². The minimum absolute atomic E-state index is 0.0183. The molecule has 5 rings (SSSR count). The highest BCUT2D eigenvalue weighted by atomic mass is 79.9. The average Bonchev–Trinajstić information content (AvgIpc) is 3.64. The molecule has 11 nitrogen and oxygen atoms in total. The molecule has 6 atom stereocenters. The van der Waals surface area contributed by atoms with Gasteiger partial charge < -0.3 is 24.4 Å². The van der Waals surface area contributed by atoms with E-state index in [1.807, 2.05) is 24.3 Å². The number of hydrogen-bond donors (Lipinski definition) is 1. The summed E-state index contributed by atoms with van der Waals surface area (Å²) in [5, 5.41) is 17.8. The second-order valence-electron chi connectivity index (χ2n) is 10.1. The quantitative estimate of drug-likeness (QED) is 0.168. The third-order valence-corrected chi connectivity index (χ3v) is 8.68. The van der Waals surface area contributed by atoms with Crippen LogP contribution in [0.1, 0.15) is 19.3 Å². The molecule has 208 valence electrons. The first kappa shape index (κ1) is 27.5. The number of esters is 1. The van der Waals surface area contributed by atoms with E-state index < -0.39 is 35.6 Å². The molecule has 3 unspecified atom stereocenters. The number of aromatic nitrogens is 3. The summed E-state index contributed by atoms with van der Waals surface area (Å²) in [4.78, 5) is 44.4. The molecule has 0 radical (unpaired) electrons. The highest BCUT2D eigenvalue weighted by Crippen LogP contribution is 2.60. The van der Waals surface area contributed by atoms with Crippen LogP contribution < -0.4 is 0 Å². The minimum Gasteiger partial charge on any atom is -0.461 e. The van der Waals surface area contributed by atoms with Gasteiger partial charge in [0, 0.05) is 24.5 Å². The van der Waals surface area contributed by atoms with Gasteiger partial charge in [0.15, 0.2) is 0 Å². The predicted octanol–water partition coefficient (Wildman–Crippen LogP) is 1.65. The van der Waals surface area contributed by atoms with Crippen molar-refractivity contribution in [3.63, 3.8) is 0 Å². The molecule has 12 heteroatoms. The molecule has 4 heterocycles. The summed E-state index contributed by atoms with van der Waals surface area (Å²) < 4.78 is 13.5. The van der Waals surface area contributed by atoms with Crippen LogP contribution in [0.2, 0.25) is 0 Å². The van der Waals surface area contributed by atoms with Crippen molar-refractivity contribution in [1.29, 1.82) is 0 Å². The number of nitrogens with zero attached hydrogens (tertiary/aromatic N) is 5. The Hall–Kier alpha value is -3.09. The van der Waals surface area contributed by atoms with Crippen LogP contribution in [0.5, 0.6) is 0 Å². The van der Waals surface area contributed by atoms with Crippen molar-refractivity contribution in [2.75, 3.05) is 26.3 Å². The van der Waals surface area contributed by atoms with Gasteiger partial charge in [-0.2, -0.15) is 0 Å². The van der Waals surface area contributed by atoms with Crippen molar-refractivity contribution in [2.45, 2.75) is 48.5 Å². The zero-order valence-electron chi connectivity index (χ0n) is 21.5. The number of rotatable bonds is 12. The number of unbranched alkanes of at least 4 members (excludes halogenated alkanes) is 1. The summed E-state index contributed by atoms with van der Waals surface area (Å²) in [7, 11) is 0. The number of amides is 2. The Labute approximate surface area is 234 Å². The van der Waals surface area contributed by atoms with Gasteiger partial charge in [0.1, 0.15) is 30.4 Å². The van der Waals surface area contributed by atoms with E-state index in [9.17, 15) is 19.5 Å². The summed E-state index contributed by atoms with van der Waals surface area (Å²) in [6.07, 6.45) is 3.85. The van der Waals surface area contributed by atoms with Crippen molar-refractivity contribution >= 4 is 44.7 Å². The summed E-state index contributed by atoms with van der Waals surface area (Å²) in [5.74, 6) is -2.87. The van der Waals surface area contributed by atoms with Crippen LogP contribution in [0.4, 0.5) is 0 Å². The van der Waals surface area contributed by atoms with Crippen molar-refractivity contribution in [3.05, 3.63) is 49.6 Å². The van der Waals surface area contributed by atoms with Gasteiger partial charge in [0.05, 0.1) is 23.5 Å². The molecular formula is C27H32BrN5O6. The molecule has 2 bridgehead atoms. The van der Waals surface area contributed by atoms with Crippen molar-refractivity contribution in [3.8, 4) is 0 Å². The summed E-state index contributed by atoms with van der Waals surface area (Å²) in [5.41, 5.74) is 0.263. The molecule has 2 amide bonds. The first-order valence-electron chi connectivity index (χ1n) is 13.1. The van der Waals surface area contributed by atoms with Crippen molar-refractivity contribution < 1.29 is 29.0 Å². The molecule has 2 aromatic rings. The molecule has 1 N–H and O–H groups in total. The van der Waals surface area contributed by atoms with Crippen molar-refractivity contribution in [2.24, 2.45) is 11.8 Å². The van der Waals surface area contributed by atoms with Crippen LogP contribution >= 0.6 is 15.9 Å². The van der Waals surface area contributed by atoms with E-state index in [2.05, 4.69) is 39.4 Å². The lowest BCUT2D eigenvalue weighted by Gasteiger charge is -2.37. The summed E-state index contributed by atoms with van der Waals surface area (Å²) >= 11 is 3.65. The molecule has 3 aliphatic rings. The SMILES string of the molecule is C=CCOC(=O)[C@H]1[C@H]2C(=O)N(CCCCO)C(C(=O)N(CC=C)Cn3nnc4ccccc43)C23CC(Br)[C@@H]1O3. The van der Waals surface area contributed by atoms with E-state index in [0.29, 0.717) is 24.8 Å². The Morgan fingerprint density at radius 3 is 2.82 bits per heavy atom. The van der Waals surface area contributed by atoms with Gasteiger partial charge in [0.2, 0.25) is 11.8 Å². The molecular weight excluding hydrogens is 570 g/mol. The largest absolute Gasteiger partial charge is 0.461 e. The number of hydrogen-bond acceptors (Lipinski definition) is 8. The monoisotopic (exact) mass is 601 g/mol. The normalized spacial score (nSPS) is 29.0. The van der Waals surface area contributed by atoms with Crippen molar-refractivity contribution in [1.82, 2.24) is 24.8 Å². The lowest BCUT2D eigenvalue weighted by molar-refractivity contribution is -0.154. The predicted molar refractivity (Wildman–Crippen MR) is 144 cm³/mol. The molecule has 0 saturated carbocycles. The van der Waals surface area contributed by atoms with Gasteiger partial charge in [0.25, 0.3) is 0 Å². The highest BCUT2D eigenvalue weighted by Gasteiger charge is 2.77.